The number of halogens is 1. The maximum Gasteiger partial charge on any atom is 0.335 e. The summed E-state index contributed by atoms with van der Waals surface area (Å²) in [6.45, 7) is 0.347. The summed E-state index contributed by atoms with van der Waals surface area (Å²) >= 11 is 0. The molecule has 5 heteroatoms. The zero-order chi connectivity index (χ0) is 15.2. The number of rotatable bonds is 5. The van der Waals surface area contributed by atoms with Gasteiger partial charge in [0.05, 0.1) is 11.1 Å². The highest BCUT2D eigenvalue weighted by atomic mass is 19.1. The minimum Gasteiger partial charge on any atom is -0.478 e. The Bertz CT molecular complexity index is 653. The fourth-order valence-corrected chi connectivity index (χ4v) is 1.87. The second kappa shape index (κ2) is 6.65. The monoisotopic (exact) mass is 287 g/mol. The smallest absolute Gasteiger partial charge is 0.335 e. The Kier molecular flexibility index (Phi) is 4.66. The molecule has 2 rings (SSSR count). The van der Waals surface area contributed by atoms with Gasteiger partial charge in [0.1, 0.15) is 5.82 Å². The molecule has 0 saturated carbocycles. The number of hydrogen-bond acceptors (Lipinski definition) is 2. The number of carbonyl (C=O) groups excluding carboxylic acids is 1. The van der Waals surface area contributed by atoms with Crippen molar-refractivity contribution in [3.63, 3.8) is 0 Å². The zero-order valence-corrected chi connectivity index (χ0v) is 11.2. The average Bonchev–Trinajstić information content (AvgIpc) is 2.48. The van der Waals surface area contributed by atoms with Crippen molar-refractivity contribution in [2.24, 2.45) is 0 Å². The molecule has 0 bridgehead atoms. The molecule has 2 aromatic carbocycles. The van der Waals surface area contributed by atoms with E-state index < -0.39 is 17.7 Å². The standard InChI is InChI=1S/C16H14FNO3/c17-14-4-2-1-3-13(14)15(19)18-10-9-11-5-7-12(8-6-11)16(20)21/h1-8H,9-10H2,(H,18,19)(H,20,21). The molecule has 0 aromatic heterocycles. The lowest BCUT2D eigenvalue weighted by molar-refractivity contribution is 0.0696. The first-order chi connectivity index (χ1) is 10.1. The van der Waals surface area contributed by atoms with Crippen LogP contribution in [-0.2, 0) is 6.42 Å². The minimum absolute atomic E-state index is 0.0127. The molecular formula is C16H14FNO3. The molecule has 0 fully saturated rings. The van der Waals surface area contributed by atoms with E-state index >= 15 is 0 Å². The van der Waals surface area contributed by atoms with Gasteiger partial charge in [0.15, 0.2) is 0 Å². The summed E-state index contributed by atoms with van der Waals surface area (Å²) in [5.74, 6) is -1.99. The molecule has 0 aliphatic rings. The summed E-state index contributed by atoms with van der Waals surface area (Å²) in [6.07, 6.45) is 0.542. The van der Waals surface area contributed by atoms with E-state index in [2.05, 4.69) is 5.32 Å². The van der Waals surface area contributed by atoms with Crippen LogP contribution in [0.4, 0.5) is 4.39 Å². The van der Waals surface area contributed by atoms with Crippen LogP contribution in [0.1, 0.15) is 26.3 Å². The summed E-state index contributed by atoms with van der Waals surface area (Å²) in [6, 6.07) is 12.2. The molecule has 0 unspecified atom stereocenters. The van der Waals surface area contributed by atoms with Gasteiger partial charge in [0, 0.05) is 6.54 Å². The second-order valence-corrected chi connectivity index (χ2v) is 4.49. The van der Waals surface area contributed by atoms with Crippen molar-refractivity contribution in [1.82, 2.24) is 5.32 Å². The van der Waals surface area contributed by atoms with Crippen molar-refractivity contribution in [2.45, 2.75) is 6.42 Å². The average molecular weight is 287 g/mol. The Morgan fingerprint density at radius 2 is 1.71 bits per heavy atom. The third-order valence-corrected chi connectivity index (χ3v) is 3.02. The molecule has 0 spiro atoms. The maximum atomic E-state index is 13.4. The first kappa shape index (κ1) is 14.7. The molecule has 4 nitrogen and oxygen atoms in total. The van der Waals surface area contributed by atoms with Crippen LogP contribution in [0.15, 0.2) is 48.5 Å². The predicted octanol–water partition coefficient (Wildman–Crippen LogP) is 2.50. The summed E-state index contributed by atoms with van der Waals surface area (Å²) in [5, 5.41) is 11.4. The van der Waals surface area contributed by atoms with E-state index in [1.807, 2.05) is 0 Å². The van der Waals surface area contributed by atoms with Gasteiger partial charge < -0.3 is 10.4 Å². The van der Waals surface area contributed by atoms with E-state index in [1.165, 1.54) is 30.3 Å². The van der Waals surface area contributed by atoms with Gasteiger partial charge in [-0.05, 0) is 36.2 Å². The highest BCUT2D eigenvalue weighted by molar-refractivity contribution is 5.94. The van der Waals surface area contributed by atoms with Crippen molar-refractivity contribution in [3.8, 4) is 0 Å². The van der Waals surface area contributed by atoms with Gasteiger partial charge in [0.25, 0.3) is 5.91 Å². The van der Waals surface area contributed by atoms with Crippen LogP contribution in [0.25, 0.3) is 0 Å². The van der Waals surface area contributed by atoms with Crippen LogP contribution >= 0.6 is 0 Å². The number of carboxylic acids is 1. The van der Waals surface area contributed by atoms with Crippen molar-refractivity contribution in [2.75, 3.05) is 6.54 Å². The summed E-state index contributed by atoms with van der Waals surface area (Å²) in [4.78, 5) is 22.5. The van der Waals surface area contributed by atoms with Crippen LogP contribution in [0, 0.1) is 5.82 Å². The molecule has 0 aliphatic heterocycles. The molecule has 1 amide bonds. The van der Waals surface area contributed by atoms with Gasteiger partial charge >= 0.3 is 5.97 Å². The van der Waals surface area contributed by atoms with E-state index in [1.54, 1.807) is 18.2 Å². The fourth-order valence-electron chi connectivity index (χ4n) is 1.87. The number of aromatic carboxylic acids is 1. The summed E-state index contributed by atoms with van der Waals surface area (Å²) < 4.78 is 13.4. The molecule has 0 aliphatic carbocycles. The van der Waals surface area contributed by atoms with E-state index in [0.29, 0.717) is 13.0 Å². The minimum atomic E-state index is -0.977. The van der Waals surface area contributed by atoms with Crippen LogP contribution < -0.4 is 5.32 Å². The summed E-state index contributed by atoms with van der Waals surface area (Å²) in [5.41, 5.74) is 1.13. The lowest BCUT2D eigenvalue weighted by Gasteiger charge is -2.06. The Labute approximate surface area is 121 Å². The fraction of sp³-hybridized carbons (Fsp3) is 0.125. The zero-order valence-electron chi connectivity index (χ0n) is 11.2. The third kappa shape index (κ3) is 3.89. The Balaban J connectivity index is 1.88. The normalized spacial score (nSPS) is 10.1. The van der Waals surface area contributed by atoms with Crippen molar-refractivity contribution < 1.29 is 19.1 Å². The summed E-state index contributed by atoms with van der Waals surface area (Å²) in [7, 11) is 0. The van der Waals surface area contributed by atoms with E-state index in [9.17, 15) is 14.0 Å². The molecule has 108 valence electrons. The van der Waals surface area contributed by atoms with Crippen LogP contribution in [-0.4, -0.2) is 23.5 Å². The van der Waals surface area contributed by atoms with Crippen LogP contribution in [0.2, 0.25) is 0 Å². The lowest BCUT2D eigenvalue weighted by atomic mass is 10.1. The molecule has 0 atom stereocenters. The topological polar surface area (TPSA) is 66.4 Å². The molecule has 0 radical (unpaired) electrons. The third-order valence-electron chi connectivity index (χ3n) is 3.02. The largest absolute Gasteiger partial charge is 0.478 e. The second-order valence-electron chi connectivity index (χ2n) is 4.49. The van der Waals surface area contributed by atoms with Gasteiger partial charge in [-0.3, -0.25) is 4.79 Å². The Morgan fingerprint density at radius 1 is 1.05 bits per heavy atom. The predicted molar refractivity (Wildman–Crippen MR) is 75.8 cm³/mol. The molecule has 0 heterocycles. The number of hydrogen-bond donors (Lipinski definition) is 2. The quantitative estimate of drug-likeness (QED) is 0.888. The number of benzene rings is 2. The Hall–Kier alpha value is -2.69. The molecule has 2 aromatic rings. The molecule has 0 saturated heterocycles. The van der Waals surface area contributed by atoms with Gasteiger partial charge in [-0.15, -0.1) is 0 Å². The number of carboxylic acid groups (broad SMARTS) is 1. The van der Waals surface area contributed by atoms with Gasteiger partial charge in [-0.25, -0.2) is 9.18 Å². The number of nitrogens with one attached hydrogen (secondary N) is 1. The molecule has 21 heavy (non-hydrogen) atoms. The number of amides is 1. The lowest BCUT2D eigenvalue weighted by Crippen LogP contribution is -2.26. The van der Waals surface area contributed by atoms with E-state index in [4.69, 9.17) is 5.11 Å². The van der Waals surface area contributed by atoms with Gasteiger partial charge in [-0.2, -0.15) is 0 Å². The van der Waals surface area contributed by atoms with Crippen molar-refractivity contribution in [1.29, 1.82) is 0 Å². The van der Waals surface area contributed by atoms with E-state index in [-0.39, 0.29) is 11.1 Å². The van der Waals surface area contributed by atoms with Gasteiger partial charge in [-0.1, -0.05) is 24.3 Å². The highest BCUT2D eigenvalue weighted by Crippen LogP contribution is 2.07. The first-order valence-corrected chi connectivity index (χ1v) is 6.43. The maximum absolute atomic E-state index is 13.4. The van der Waals surface area contributed by atoms with Crippen LogP contribution in [0.5, 0.6) is 0 Å². The van der Waals surface area contributed by atoms with E-state index in [0.717, 1.165) is 5.56 Å². The molecular weight excluding hydrogens is 273 g/mol. The Morgan fingerprint density at radius 3 is 2.33 bits per heavy atom. The molecule has 2 N–H and O–H groups in total. The van der Waals surface area contributed by atoms with Gasteiger partial charge in [0.2, 0.25) is 0 Å². The number of carbonyl (C=O) groups is 2. The highest BCUT2D eigenvalue weighted by Gasteiger charge is 2.09. The van der Waals surface area contributed by atoms with Crippen LogP contribution in [0.3, 0.4) is 0 Å². The first-order valence-electron chi connectivity index (χ1n) is 6.43. The van der Waals surface area contributed by atoms with Crippen molar-refractivity contribution in [3.05, 3.63) is 71.0 Å². The van der Waals surface area contributed by atoms with Crippen molar-refractivity contribution >= 4 is 11.9 Å². The SMILES string of the molecule is O=C(O)c1ccc(CCNC(=O)c2ccccc2F)cc1.